The second-order valence-corrected chi connectivity index (χ2v) is 4.20. The molecule has 0 fully saturated rings. The molecule has 18 heavy (non-hydrogen) atoms. The van der Waals surface area contributed by atoms with E-state index in [1.165, 1.54) is 17.7 Å². The number of hydrogen-bond acceptors (Lipinski definition) is 2. The first-order valence-corrected chi connectivity index (χ1v) is 5.84. The Morgan fingerprint density at radius 3 is 2.72 bits per heavy atom. The third-order valence-corrected chi connectivity index (χ3v) is 2.89. The fourth-order valence-electron chi connectivity index (χ4n) is 1.97. The van der Waals surface area contributed by atoms with Gasteiger partial charge in [-0.05, 0) is 42.3 Å². The highest BCUT2D eigenvalue weighted by Crippen LogP contribution is 2.14. The fourth-order valence-corrected chi connectivity index (χ4v) is 1.97. The molecule has 4 heteroatoms. The van der Waals surface area contributed by atoms with Crippen molar-refractivity contribution in [2.24, 2.45) is 0 Å². The molecule has 0 saturated heterocycles. The van der Waals surface area contributed by atoms with E-state index in [1.807, 2.05) is 12.1 Å². The van der Waals surface area contributed by atoms with Gasteiger partial charge in [-0.25, -0.2) is 9.37 Å². The zero-order valence-electron chi connectivity index (χ0n) is 9.73. The number of halogens is 1. The van der Waals surface area contributed by atoms with Crippen molar-refractivity contribution in [2.45, 2.75) is 12.8 Å². The molecule has 0 aliphatic rings. The van der Waals surface area contributed by atoms with Crippen LogP contribution in [0.3, 0.4) is 0 Å². The van der Waals surface area contributed by atoms with E-state index in [0.717, 1.165) is 29.7 Å². The van der Waals surface area contributed by atoms with E-state index >= 15 is 0 Å². The topological polar surface area (TPSA) is 41.6 Å². The second kappa shape index (κ2) is 4.56. The van der Waals surface area contributed by atoms with Gasteiger partial charge >= 0.3 is 0 Å². The molecule has 0 bridgehead atoms. The standard InChI is InChI=1S/C14H12FN3/c15-11-2-3-12-13(9-11)18-14(17-12)4-1-10-5-7-16-8-6-10/h2-3,5-9H,1,4H2,(H,17,18). The summed E-state index contributed by atoms with van der Waals surface area (Å²) < 4.78 is 13.0. The molecule has 0 saturated carbocycles. The van der Waals surface area contributed by atoms with Crippen LogP contribution in [0.25, 0.3) is 11.0 Å². The molecule has 1 N–H and O–H groups in total. The van der Waals surface area contributed by atoms with Gasteiger partial charge in [0.1, 0.15) is 11.6 Å². The van der Waals surface area contributed by atoms with E-state index in [9.17, 15) is 4.39 Å². The molecule has 90 valence electrons. The summed E-state index contributed by atoms with van der Waals surface area (Å²) in [4.78, 5) is 11.6. The number of nitrogens with zero attached hydrogens (tertiary/aromatic N) is 2. The highest BCUT2D eigenvalue weighted by Gasteiger charge is 2.04. The van der Waals surface area contributed by atoms with Crippen molar-refractivity contribution in [3.05, 3.63) is 59.9 Å². The van der Waals surface area contributed by atoms with Gasteiger partial charge in [-0.3, -0.25) is 4.98 Å². The SMILES string of the molecule is Fc1ccc2nc(CCc3ccncc3)[nH]c2c1. The van der Waals surface area contributed by atoms with Gasteiger partial charge in [-0.1, -0.05) is 0 Å². The number of aromatic amines is 1. The van der Waals surface area contributed by atoms with Crippen LogP contribution in [0.5, 0.6) is 0 Å². The lowest BCUT2D eigenvalue weighted by Gasteiger charge is -1.97. The summed E-state index contributed by atoms with van der Waals surface area (Å²) in [6.07, 6.45) is 5.26. The number of rotatable bonds is 3. The van der Waals surface area contributed by atoms with E-state index in [2.05, 4.69) is 15.0 Å². The number of aryl methyl sites for hydroxylation is 2. The van der Waals surface area contributed by atoms with Gasteiger partial charge < -0.3 is 4.98 Å². The number of imidazole rings is 1. The van der Waals surface area contributed by atoms with E-state index in [1.54, 1.807) is 18.5 Å². The zero-order chi connectivity index (χ0) is 12.4. The van der Waals surface area contributed by atoms with E-state index < -0.39 is 0 Å². The van der Waals surface area contributed by atoms with Gasteiger partial charge in [0.15, 0.2) is 0 Å². The molecule has 2 heterocycles. The van der Waals surface area contributed by atoms with Gasteiger partial charge in [0.25, 0.3) is 0 Å². The summed E-state index contributed by atoms with van der Waals surface area (Å²) in [5.41, 5.74) is 2.78. The largest absolute Gasteiger partial charge is 0.342 e. The minimum absolute atomic E-state index is 0.244. The van der Waals surface area contributed by atoms with Gasteiger partial charge in [0.2, 0.25) is 0 Å². The number of hydrogen-bond donors (Lipinski definition) is 1. The Hall–Kier alpha value is -2.23. The van der Waals surface area contributed by atoms with Crippen LogP contribution < -0.4 is 0 Å². The summed E-state index contributed by atoms with van der Waals surface area (Å²) in [6, 6.07) is 8.57. The Morgan fingerprint density at radius 2 is 1.89 bits per heavy atom. The van der Waals surface area contributed by atoms with E-state index in [4.69, 9.17) is 0 Å². The monoisotopic (exact) mass is 241 g/mol. The van der Waals surface area contributed by atoms with Crippen LogP contribution in [0.2, 0.25) is 0 Å². The van der Waals surface area contributed by atoms with Crippen LogP contribution in [0.4, 0.5) is 4.39 Å². The molecule has 2 aromatic heterocycles. The molecule has 3 aromatic rings. The van der Waals surface area contributed by atoms with Crippen molar-refractivity contribution in [1.82, 2.24) is 15.0 Å². The van der Waals surface area contributed by atoms with E-state index in [0.29, 0.717) is 0 Å². The number of fused-ring (bicyclic) bond motifs is 1. The number of H-pyrrole nitrogens is 1. The second-order valence-electron chi connectivity index (χ2n) is 4.20. The minimum Gasteiger partial charge on any atom is -0.342 e. The van der Waals surface area contributed by atoms with Crippen LogP contribution in [0.1, 0.15) is 11.4 Å². The molecular weight excluding hydrogens is 229 g/mol. The molecule has 0 unspecified atom stereocenters. The number of nitrogens with one attached hydrogen (secondary N) is 1. The summed E-state index contributed by atoms with van der Waals surface area (Å²) in [6.45, 7) is 0. The van der Waals surface area contributed by atoms with Gasteiger partial charge in [0.05, 0.1) is 11.0 Å². The highest BCUT2D eigenvalue weighted by molar-refractivity contribution is 5.74. The first kappa shape index (κ1) is 10.9. The first-order chi connectivity index (χ1) is 8.81. The average molecular weight is 241 g/mol. The Balaban J connectivity index is 1.79. The number of pyridine rings is 1. The quantitative estimate of drug-likeness (QED) is 0.766. The highest BCUT2D eigenvalue weighted by atomic mass is 19.1. The predicted octanol–water partition coefficient (Wildman–Crippen LogP) is 2.88. The first-order valence-electron chi connectivity index (χ1n) is 5.84. The van der Waals surface area contributed by atoms with Crippen LogP contribution >= 0.6 is 0 Å². The normalized spacial score (nSPS) is 10.9. The molecule has 3 nitrogen and oxygen atoms in total. The lowest BCUT2D eigenvalue weighted by atomic mass is 10.1. The molecule has 0 aliphatic carbocycles. The van der Waals surface area contributed by atoms with Crippen molar-refractivity contribution in [3.8, 4) is 0 Å². The molecule has 1 aromatic carbocycles. The van der Waals surface area contributed by atoms with Crippen molar-refractivity contribution in [3.63, 3.8) is 0 Å². The van der Waals surface area contributed by atoms with Crippen LogP contribution in [-0.2, 0) is 12.8 Å². The summed E-state index contributed by atoms with van der Waals surface area (Å²) in [5, 5.41) is 0. The van der Waals surface area contributed by atoms with Crippen LogP contribution in [0.15, 0.2) is 42.7 Å². The minimum atomic E-state index is -0.244. The van der Waals surface area contributed by atoms with Crippen molar-refractivity contribution < 1.29 is 4.39 Å². The van der Waals surface area contributed by atoms with Gasteiger partial charge in [-0.15, -0.1) is 0 Å². The maximum absolute atomic E-state index is 13.0. The number of benzene rings is 1. The van der Waals surface area contributed by atoms with Crippen molar-refractivity contribution >= 4 is 11.0 Å². The third kappa shape index (κ3) is 2.22. The molecule has 3 rings (SSSR count). The Labute approximate surface area is 104 Å². The Kier molecular flexibility index (Phi) is 2.76. The van der Waals surface area contributed by atoms with Crippen LogP contribution in [-0.4, -0.2) is 15.0 Å². The van der Waals surface area contributed by atoms with Crippen molar-refractivity contribution in [1.29, 1.82) is 0 Å². The molecule has 0 spiro atoms. The average Bonchev–Trinajstić information content (AvgIpc) is 2.79. The third-order valence-electron chi connectivity index (χ3n) is 2.89. The van der Waals surface area contributed by atoms with Gasteiger partial charge in [-0.2, -0.15) is 0 Å². The number of aromatic nitrogens is 3. The molecule has 0 amide bonds. The van der Waals surface area contributed by atoms with E-state index in [-0.39, 0.29) is 5.82 Å². The van der Waals surface area contributed by atoms with Crippen LogP contribution in [0, 0.1) is 5.82 Å². The Bertz CT molecular complexity index is 661. The zero-order valence-corrected chi connectivity index (χ0v) is 9.73. The summed E-state index contributed by atoms with van der Waals surface area (Å²) in [5.74, 6) is 0.638. The summed E-state index contributed by atoms with van der Waals surface area (Å²) >= 11 is 0. The smallest absolute Gasteiger partial charge is 0.125 e. The maximum Gasteiger partial charge on any atom is 0.125 e. The lowest BCUT2D eigenvalue weighted by Crippen LogP contribution is -1.93. The Morgan fingerprint density at radius 1 is 1.06 bits per heavy atom. The predicted molar refractivity (Wildman–Crippen MR) is 67.7 cm³/mol. The molecule has 0 radical (unpaired) electrons. The van der Waals surface area contributed by atoms with Gasteiger partial charge in [0, 0.05) is 18.8 Å². The summed E-state index contributed by atoms with van der Waals surface area (Å²) in [7, 11) is 0. The fraction of sp³-hybridized carbons (Fsp3) is 0.143. The molecule has 0 aliphatic heterocycles. The molecular formula is C14H12FN3. The van der Waals surface area contributed by atoms with Crippen molar-refractivity contribution in [2.75, 3.05) is 0 Å². The maximum atomic E-state index is 13.0. The molecule has 0 atom stereocenters. The lowest BCUT2D eigenvalue weighted by molar-refractivity contribution is 0.629.